The number of rotatable bonds is 39. The zero-order chi connectivity index (χ0) is 63.9. The molecule has 11 amide bonds. The molecular weight excluding hydrogens is 1150 g/mol. The number of nitrogens with two attached hydrogens (primary N) is 4. The number of carboxylic acid groups (broad SMARTS) is 1. The van der Waals surface area contributed by atoms with E-state index in [0.717, 1.165) is 10.9 Å². The third-order valence-electron chi connectivity index (χ3n) is 12.7. The lowest BCUT2D eigenvalue weighted by Gasteiger charge is -2.26. The zero-order valence-corrected chi connectivity index (χ0v) is 50.6. The molecule has 474 valence electrons. The lowest BCUT2D eigenvalue weighted by atomic mass is 10.0. The first-order valence-corrected chi connectivity index (χ1v) is 29.1. The molecule has 0 unspecified atom stereocenters. The van der Waals surface area contributed by atoms with Crippen LogP contribution in [0.15, 0.2) is 35.5 Å². The number of thiol groups is 2. The summed E-state index contributed by atoms with van der Waals surface area (Å²) in [4.78, 5) is 165. The van der Waals surface area contributed by atoms with E-state index in [2.05, 4.69) is 93.7 Å². The summed E-state index contributed by atoms with van der Waals surface area (Å²) in [5.41, 5.74) is 23.4. The number of benzene rings is 1. The SMILES string of the molecule is CC(C)C[C@H](NC(=O)[C@H](C)N)C(=O)N[C@@H](CS)C(=O)NCC(=O)N[C@@H](CCCN=C(N)N)C(=O)N[C@@H](C)C(=O)N[C@@H](CS)C(=O)N[C@@H](CC(C)C)C(=O)N[C@@H](Cc1c[nH]c2ccccc12)C(=O)NCC(=O)NCC(=O)N[C@@H](CCCCN)C(=O)O. The Bertz CT molecular complexity index is 2630. The second-order valence-corrected chi connectivity index (χ2v) is 21.8. The minimum Gasteiger partial charge on any atom is -0.480 e. The van der Waals surface area contributed by atoms with Crippen LogP contribution in [0.4, 0.5) is 0 Å². The number of hydrogen-bond acceptors (Lipinski definition) is 17. The number of aromatic nitrogens is 1. The molecule has 0 aliphatic carbocycles. The molecule has 2 aromatic rings. The van der Waals surface area contributed by atoms with Gasteiger partial charge in [-0.2, -0.15) is 25.3 Å². The Hall–Kier alpha value is -7.71. The molecule has 9 atom stereocenters. The monoisotopic (exact) mass is 1230 g/mol. The molecule has 0 spiro atoms. The number of aliphatic carboxylic acids is 1. The summed E-state index contributed by atoms with van der Waals surface area (Å²) >= 11 is 8.44. The molecule has 0 saturated heterocycles. The van der Waals surface area contributed by atoms with E-state index in [9.17, 15) is 62.6 Å². The largest absolute Gasteiger partial charge is 0.480 e. The summed E-state index contributed by atoms with van der Waals surface area (Å²) in [6, 6.07) is -3.91. The molecule has 2 rings (SSSR count). The molecule has 21 N–H and O–H groups in total. The van der Waals surface area contributed by atoms with Crippen molar-refractivity contribution in [1.29, 1.82) is 0 Å². The van der Waals surface area contributed by atoms with Crippen LogP contribution in [0.1, 0.15) is 92.1 Å². The molecule has 1 aromatic heterocycles. The zero-order valence-electron chi connectivity index (χ0n) is 48.8. The first-order valence-electron chi connectivity index (χ1n) is 27.8. The molecule has 32 heteroatoms. The standard InChI is InChI=1S/C53H87N17O13S2/c1-27(2)18-36(66-44(74)29(5)55)50(80)70-39(25-84)47(77)62-24-43(73)64-34(15-11-17-58-53(56)57)48(78)63-30(6)45(75)69-40(26-85)51(81)67-37(19-28(3)4)49(79)68-38(20-31-21-59-33-13-8-7-12-32(31)33)46(76)61-22-41(71)60-23-42(72)65-35(52(82)83)14-9-10-16-54/h7-8,12-13,21,27-30,34-40,59,84-85H,9-11,14-20,22-26,54-55H2,1-6H3,(H,60,71)(H,61,76)(H,62,77)(H,63,78)(H,64,73)(H,65,72)(H,66,74)(H,67,81)(H,68,79)(H,69,75)(H,70,80)(H,82,83)(H4,56,57,58)/t29-,30-,34-,35-,36-,37-,38-,39-,40-/m0/s1. The van der Waals surface area contributed by atoms with Crippen LogP contribution in [0.3, 0.4) is 0 Å². The number of aromatic amines is 1. The fraction of sp³-hybridized carbons (Fsp3) is 0.604. The number of hydrogen-bond donors (Lipinski definition) is 19. The number of carboxylic acids is 1. The van der Waals surface area contributed by atoms with Crippen LogP contribution < -0.4 is 81.4 Å². The Kier molecular flexibility index (Phi) is 33.1. The maximum absolute atomic E-state index is 14.2. The topological polar surface area (TPSA) is 490 Å². The molecule has 0 radical (unpaired) electrons. The highest BCUT2D eigenvalue weighted by atomic mass is 32.1. The summed E-state index contributed by atoms with van der Waals surface area (Å²) in [5.74, 6) is -10.9. The summed E-state index contributed by atoms with van der Waals surface area (Å²) in [5, 5.41) is 37.6. The third-order valence-corrected chi connectivity index (χ3v) is 13.4. The summed E-state index contributed by atoms with van der Waals surface area (Å²) in [6.45, 7) is 8.45. The predicted octanol–water partition coefficient (Wildman–Crippen LogP) is -4.48. The van der Waals surface area contributed by atoms with Gasteiger partial charge in [0.25, 0.3) is 0 Å². The molecule has 0 aliphatic rings. The molecule has 0 aliphatic heterocycles. The number of para-hydroxylation sites is 1. The minimum atomic E-state index is -1.39. The van der Waals surface area contributed by atoms with Crippen molar-refractivity contribution in [1.82, 2.24) is 63.5 Å². The maximum Gasteiger partial charge on any atom is 0.326 e. The van der Waals surface area contributed by atoms with Crippen molar-refractivity contribution in [2.24, 2.45) is 39.8 Å². The van der Waals surface area contributed by atoms with Crippen LogP contribution in [0, 0.1) is 11.8 Å². The average molecular weight is 1230 g/mol. The first-order chi connectivity index (χ1) is 40.1. The van der Waals surface area contributed by atoms with Crippen LogP contribution >= 0.6 is 25.3 Å². The van der Waals surface area contributed by atoms with Gasteiger partial charge in [-0.15, -0.1) is 0 Å². The number of nitrogens with zero attached hydrogens (tertiary/aromatic N) is 1. The van der Waals surface area contributed by atoms with E-state index in [0.29, 0.717) is 24.9 Å². The lowest BCUT2D eigenvalue weighted by Crippen LogP contribution is -2.60. The molecular formula is C53H87N17O13S2. The molecule has 85 heavy (non-hydrogen) atoms. The minimum absolute atomic E-state index is 0.0314. The highest BCUT2D eigenvalue weighted by molar-refractivity contribution is 7.80. The van der Waals surface area contributed by atoms with Crippen LogP contribution in [-0.2, 0) is 64.0 Å². The van der Waals surface area contributed by atoms with Gasteiger partial charge in [0.05, 0.1) is 25.7 Å². The van der Waals surface area contributed by atoms with Crippen molar-refractivity contribution in [3.63, 3.8) is 0 Å². The van der Waals surface area contributed by atoms with Crippen LogP contribution in [0.2, 0.25) is 0 Å². The average Bonchev–Trinajstić information content (AvgIpc) is 3.35. The summed E-state index contributed by atoms with van der Waals surface area (Å²) < 4.78 is 0. The molecule has 1 aromatic carbocycles. The number of H-pyrrole nitrogens is 1. The van der Waals surface area contributed by atoms with Gasteiger partial charge in [0.1, 0.15) is 48.3 Å². The number of unbranched alkanes of at least 4 members (excludes halogenated alkanes) is 1. The van der Waals surface area contributed by atoms with Gasteiger partial charge in [-0.25, -0.2) is 4.79 Å². The van der Waals surface area contributed by atoms with Crippen molar-refractivity contribution in [3.8, 4) is 0 Å². The van der Waals surface area contributed by atoms with Gasteiger partial charge in [0.2, 0.25) is 65.0 Å². The van der Waals surface area contributed by atoms with Gasteiger partial charge in [-0.1, -0.05) is 45.9 Å². The second kappa shape index (κ2) is 38.3. The molecule has 1 heterocycles. The Morgan fingerprint density at radius 2 is 1.01 bits per heavy atom. The van der Waals surface area contributed by atoms with Crippen LogP contribution in [-0.4, -0.2) is 186 Å². The molecule has 30 nitrogen and oxygen atoms in total. The highest BCUT2D eigenvalue weighted by Gasteiger charge is 2.33. The number of guanidine groups is 1. The Morgan fingerprint density at radius 1 is 0.541 bits per heavy atom. The Morgan fingerprint density at radius 3 is 1.56 bits per heavy atom. The predicted molar refractivity (Wildman–Crippen MR) is 323 cm³/mol. The number of aliphatic imine (C=N–C) groups is 1. The van der Waals surface area contributed by atoms with Crippen molar-refractivity contribution in [3.05, 3.63) is 36.0 Å². The van der Waals surface area contributed by atoms with Crippen molar-refractivity contribution >= 4 is 113 Å². The number of fused-ring (bicyclic) bond motifs is 1. The van der Waals surface area contributed by atoms with Crippen molar-refractivity contribution < 1.29 is 62.6 Å². The van der Waals surface area contributed by atoms with Crippen molar-refractivity contribution in [2.45, 2.75) is 147 Å². The number of carbonyl (C=O) groups is 12. The third kappa shape index (κ3) is 27.7. The fourth-order valence-electron chi connectivity index (χ4n) is 8.16. The number of carbonyl (C=O) groups excluding carboxylic acids is 11. The maximum atomic E-state index is 14.2. The summed E-state index contributed by atoms with van der Waals surface area (Å²) in [6.07, 6.45) is 3.04. The lowest BCUT2D eigenvalue weighted by molar-refractivity contribution is -0.142. The van der Waals surface area contributed by atoms with E-state index < -0.39 is 145 Å². The van der Waals surface area contributed by atoms with E-state index in [4.69, 9.17) is 22.9 Å². The van der Waals surface area contributed by atoms with E-state index in [1.54, 1.807) is 44.3 Å². The van der Waals surface area contributed by atoms with Gasteiger partial charge in [0, 0.05) is 41.6 Å². The molecule has 0 bridgehead atoms. The Balaban J connectivity index is 2.20. The van der Waals surface area contributed by atoms with Gasteiger partial charge >= 0.3 is 5.97 Å². The van der Waals surface area contributed by atoms with E-state index in [-0.39, 0.29) is 74.4 Å². The van der Waals surface area contributed by atoms with E-state index in [1.807, 2.05) is 13.8 Å². The number of nitrogens with one attached hydrogen (secondary N) is 12. The second-order valence-electron chi connectivity index (χ2n) is 21.0. The van der Waals surface area contributed by atoms with Crippen LogP contribution in [0.25, 0.3) is 10.9 Å². The van der Waals surface area contributed by atoms with Gasteiger partial charge in [-0.3, -0.25) is 57.7 Å². The number of amides is 11. The van der Waals surface area contributed by atoms with Crippen molar-refractivity contribution in [2.75, 3.05) is 44.2 Å². The van der Waals surface area contributed by atoms with E-state index >= 15 is 0 Å². The molecule has 0 saturated carbocycles. The summed E-state index contributed by atoms with van der Waals surface area (Å²) in [7, 11) is 0. The normalized spacial score (nSPS) is 14.3. The van der Waals surface area contributed by atoms with Gasteiger partial charge in [0.15, 0.2) is 5.96 Å². The van der Waals surface area contributed by atoms with Gasteiger partial charge < -0.3 is 91.5 Å². The fourth-order valence-corrected chi connectivity index (χ4v) is 8.67. The smallest absolute Gasteiger partial charge is 0.326 e. The quantitative estimate of drug-likeness (QED) is 0.0130. The Labute approximate surface area is 504 Å². The van der Waals surface area contributed by atoms with Gasteiger partial charge in [-0.05, 0) is 88.8 Å². The highest BCUT2D eigenvalue weighted by Crippen LogP contribution is 2.20. The van der Waals surface area contributed by atoms with E-state index in [1.165, 1.54) is 13.8 Å². The molecule has 0 fully saturated rings. The van der Waals surface area contributed by atoms with Crippen LogP contribution in [0.5, 0.6) is 0 Å². The first kappa shape index (κ1) is 73.4.